The molecule has 3 rings (SSSR count). The van der Waals surface area contributed by atoms with Gasteiger partial charge in [0.15, 0.2) is 5.65 Å². The van der Waals surface area contributed by atoms with Crippen LogP contribution >= 0.6 is 0 Å². The summed E-state index contributed by atoms with van der Waals surface area (Å²) in [5, 5.41) is 22.5. The topological polar surface area (TPSA) is 114 Å². The zero-order chi connectivity index (χ0) is 14.3. The molecule has 0 radical (unpaired) electrons. The number of rotatable bonds is 2. The van der Waals surface area contributed by atoms with Crippen molar-refractivity contribution in [1.29, 1.82) is 0 Å². The number of benzene rings is 1. The first-order chi connectivity index (χ1) is 9.54. The summed E-state index contributed by atoms with van der Waals surface area (Å²) in [6, 6.07) is 7.91. The zero-order valence-corrected chi connectivity index (χ0v) is 10.2. The van der Waals surface area contributed by atoms with Gasteiger partial charge in [0.25, 0.3) is 0 Å². The van der Waals surface area contributed by atoms with Gasteiger partial charge in [-0.3, -0.25) is 0 Å². The van der Waals surface area contributed by atoms with Crippen molar-refractivity contribution in [3.8, 4) is 16.9 Å². The van der Waals surface area contributed by atoms with Gasteiger partial charge in [0.05, 0.1) is 0 Å². The molecule has 0 bridgehead atoms. The minimum atomic E-state index is -1.11. The Morgan fingerprint density at radius 1 is 1.20 bits per heavy atom. The molecule has 0 aliphatic heterocycles. The van der Waals surface area contributed by atoms with Crippen LogP contribution in [0.1, 0.15) is 10.4 Å². The summed E-state index contributed by atoms with van der Waals surface area (Å²) < 4.78 is 1.33. The Morgan fingerprint density at radius 2 is 1.90 bits per heavy atom. The Hall–Kier alpha value is -3.09. The summed E-state index contributed by atoms with van der Waals surface area (Å²) >= 11 is 0. The lowest BCUT2D eigenvalue weighted by Gasteiger charge is -2.05. The van der Waals surface area contributed by atoms with Crippen LogP contribution in [0.4, 0.5) is 5.95 Å². The third-order valence-electron chi connectivity index (χ3n) is 2.88. The molecule has 7 nitrogen and oxygen atoms in total. The van der Waals surface area contributed by atoms with E-state index in [1.54, 1.807) is 18.3 Å². The van der Waals surface area contributed by atoms with Crippen LogP contribution in [-0.4, -0.2) is 30.8 Å². The molecule has 20 heavy (non-hydrogen) atoms. The first-order valence-corrected chi connectivity index (χ1v) is 5.73. The van der Waals surface area contributed by atoms with Gasteiger partial charge in [-0.2, -0.15) is 4.98 Å². The van der Waals surface area contributed by atoms with Crippen LogP contribution in [0.25, 0.3) is 16.8 Å². The highest BCUT2D eigenvalue weighted by Crippen LogP contribution is 2.24. The average molecular weight is 270 g/mol. The van der Waals surface area contributed by atoms with Crippen LogP contribution in [0.2, 0.25) is 0 Å². The van der Waals surface area contributed by atoms with Crippen LogP contribution in [0.5, 0.6) is 5.75 Å². The van der Waals surface area contributed by atoms with E-state index in [0.717, 1.165) is 5.56 Å². The van der Waals surface area contributed by atoms with Crippen molar-refractivity contribution >= 4 is 17.6 Å². The molecule has 7 heteroatoms. The van der Waals surface area contributed by atoms with Gasteiger partial charge in [-0.1, -0.05) is 12.1 Å². The summed E-state index contributed by atoms with van der Waals surface area (Å²) in [6.45, 7) is 0. The van der Waals surface area contributed by atoms with Gasteiger partial charge < -0.3 is 15.9 Å². The fourth-order valence-electron chi connectivity index (χ4n) is 1.97. The quantitative estimate of drug-likeness (QED) is 0.648. The molecule has 0 spiro atoms. The fourth-order valence-corrected chi connectivity index (χ4v) is 1.97. The molecular formula is C13H10N4O3. The number of nitrogens with zero attached hydrogens (tertiary/aromatic N) is 3. The molecule has 2 aromatic heterocycles. The number of phenolic OH excluding ortho intramolecular Hbond substituents is 1. The number of nitrogen functional groups attached to an aromatic ring is 1. The molecule has 0 saturated carbocycles. The SMILES string of the molecule is Nc1nc2c(C(=O)O)cc(-c3ccc(O)cc3)cn2n1. The normalized spacial score (nSPS) is 10.8. The maximum absolute atomic E-state index is 11.3. The maximum atomic E-state index is 11.3. The van der Waals surface area contributed by atoms with Crippen molar-refractivity contribution in [3.05, 3.63) is 42.1 Å². The summed E-state index contributed by atoms with van der Waals surface area (Å²) in [4.78, 5) is 15.2. The predicted octanol–water partition coefficient (Wildman–Crippen LogP) is 1.38. The Bertz CT molecular complexity index is 808. The molecule has 0 fully saturated rings. The highest BCUT2D eigenvalue weighted by atomic mass is 16.4. The number of hydrogen-bond acceptors (Lipinski definition) is 5. The number of aromatic hydroxyl groups is 1. The summed E-state index contributed by atoms with van der Waals surface area (Å²) in [6.07, 6.45) is 1.64. The molecule has 0 amide bonds. The number of carbonyl (C=O) groups is 1. The molecule has 100 valence electrons. The number of fused-ring (bicyclic) bond motifs is 1. The second-order valence-corrected chi connectivity index (χ2v) is 4.23. The van der Waals surface area contributed by atoms with Crippen molar-refractivity contribution in [2.24, 2.45) is 0 Å². The third-order valence-corrected chi connectivity index (χ3v) is 2.88. The van der Waals surface area contributed by atoms with Crippen molar-refractivity contribution in [2.45, 2.75) is 0 Å². The number of hydrogen-bond donors (Lipinski definition) is 3. The minimum absolute atomic E-state index is 0.00959. The van der Waals surface area contributed by atoms with Crippen LogP contribution in [0.3, 0.4) is 0 Å². The summed E-state index contributed by atoms with van der Waals surface area (Å²) in [7, 11) is 0. The summed E-state index contributed by atoms with van der Waals surface area (Å²) in [5.41, 5.74) is 7.09. The first kappa shape index (κ1) is 12.0. The van der Waals surface area contributed by atoms with Gasteiger partial charge in [-0.05, 0) is 23.8 Å². The Labute approximate surface area is 112 Å². The molecule has 0 saturated heterocycles. The highest BCUT2D eigenvalue weighted by molar-refractivity contribution is 5.96. The van der Waals surface area contributed by atoms with Crippen molar-refractivity contribution in [2.75, 3.05) is 5.73 Å². The number of phenols is 1. The Morgan fingerprint density at radius 3 is 2.55 bits per heavy atom. The lowest BCUT2D eigenvalue weighted by Crippen LogP contribution is -2.02. The van der Waals surface area contributed by atoms with Gasteiger partial charge in [0.2, 0.25) is 5.95 Å². The van der Waals surface area contributed by atoms with E-state index in [9.17, 15) is 15.0 Å². The van der Waals surface area contributed by atoms with E-state index >= 15 is 0 Å². The monoisotopic (exact) mass is 270 g/mol. The number of aromatic nitrogens is 3. The molecule has 4 N–H and O–H groups in total. The second kappa shape index (κ2) is 4.23. The number of nitrogens with two attached hydrogens (primary N) is 1. The van der Waals surface area contributed by atoms with E-state index < -0.39 is 5.97 Å². The number of anilines is 1. The number of carboxylic acid groups (broad SMARTS) is 1. The lowest BCUT2D eigenvalue weighted by atomic mass is 10.1. The number of pyridine rings is 1. The Balaban J connectivity index is 2.26. The predicted molar refractivity (Wildman–Crippen MR) is 71.5 cm³/mol. The molecule has 1 aromatic carbocycles. The van der Waals surface area contributed by atoms with E-state index in [4.69, 9.17) is 5.73 Å². The van der Waals surface area contributed by atoms with E-state index in [0.29, 0.717) is 5.56 Å². The fraction of sp³-hybridized carbons (Fsp3) is 0. The smallest absolute Gasteiger partial charge is 0.339 e. The zero-order valence-electron chi connectivity index (χ0n) is 10.2. The first-order valence-electron chi connectivity index (χ1n) is 5.73. The number of aromatic carboxylic acids is 1. The van der Waals surface area contributed by atoms with Gasteiger partial charge in [0, 0.05) is 11.8 Å². The van der Waals surface area contributed by atoms with Gasteiger partial charge in [0.1, 0.15) is 11.3 Å². The standard InChI is InChI=1S/C13H10N4O3/c14-13-15-11-10(12(19)20)5-8(6-17(11)16-13)7-1-3-9(18)4-2-7/h1-6,18H,(H2,14,16)(H,19,20). The summed E-state index contributed by atoms with van der Waals surface area (Å²) in [5.74, 6) is -0.961. The van der Waals surface area contributed by atoms with E-state index in [-0.39, 0.29) is 22.9 Å². The van der Waals surface area contributed by atoms with Crippen LogP contribution in [0, 0.1) is 0 Å². The van der Waals surface area contributed by atoms with Crippen LogP contribution < -0.4 is 5.73 Å². The highest BCUT2D eigenvalue weighted by Gasteiger charge is 2.15. The van der Waals surface area contributed by atoms with Gasteiger partial charge in [-0.15, -0.1) is 5.10 Å². The van der Waals surface area contributed by atoms with Gasteiger partial charge >= 0.3 is 5.97 Å². The van der Waals surface area contributed by atoms with Crippen LogP contribution in [0.15, 0.2) is 36.5 Å². The number of carboxylic acids is 1. The lowest BCUT2D eigenvalue weighted by molar-refractivity contribution is 0.0698. The van der Waals surface area contributed by atoms with Crippen molar-refractivity contribution in [1.82, 2.24) is 14.6 Å². The van der Waals surface area contributed by atoms with E-state index in [1.165, 1.54) is 22.7 Å². The van der Waals surface area contributed by atoms with Crippen molar-refractivity contribution in [3.63, 3.8) is 0 Å². The second-order valence-electron chi connectivity index (χ2n) is 4.23. The minimum Gasteiger partial charge on any atom is -0.508 e. The van der Waals surface area contributed by atoms with Crippen molar-refractivity contribution < 1.29 is 15.0 Å². The van der Waals surface area contributed by atoms with Gasteiger partial charge in [-0.25, -0.2) is 9.31 Å². The molecule has 0 aliphatic rings. The third kappa shape index (κ3) is 1.91. The largest absolute Gasteiger partial charge is 0.508 e. The Kier molecular flexibility index (Phi) is 2.53. The van der Waals surface area contributed by atoms with E-state index in [1.807, 2.05) is 0 Å². The molecule has 0 aliphatic carbocycles. The van der Waals surface area contributed by atoms with E-state index in [2.05, 4.69) is 10.1 Å². The molecule has 3 aromatic rings. The average Bonchev–Trinajstić information content (AvgIpc) is 2.78. The molecular weight excluding hydrogens is 260 g/mol. The molecule has 0 unspecified atom stereocenters. The molecule has 2 heterocycles. The molecule has 0 atom stereocenters. The maximum Gasteiger partial charge on any atom is 0.339 e. The van der Waals surface area contributed by atoms with Crippen LogP contribution in [-0.2, 0) is 0 Å².